The molecule has 5 nitrogen and oxygen atoms in total. The molecule has 2 heterocycles. The van der Waals surface area contributed by atoms with E-state index in [-0.39, 0.29) is 17.0 Å². The molecule has 1 atom stereocenters. The maximum Gasteiger partial charge on any atom is 0.257 e. The molecule has 1 aliphatic rings. The van der Waals surface area contributed by atoms with Gasteiger partial charge in [0.05, 0.1) is 25.0 Å². The van der Waals surface area contributed by atoms with Gasteiger partial charge < -0.3 is 19.8 Å². The summed E-state index contributed by atoms with van der Waals surface area (Å²) in [6, 6.07) is 1.70. The number of nitrogens with two attached hydrogens (primary N) is 1. The molecule has 0 aromatic carbocycles. The molecule has 2 N–H and O–H groups in total. The van der Waals surface area contributed by atoms with Gasteiger partial charge in [0.1, 0.15) is 16.9 Å². The molecule has 0 spiro atoms. The van der Waals surface area contributed by atoms with Crippen LogP contribution in [0.3, 0.4) is 0 Å². The largest absolute Gasteiger partial charge is 0.469 e. The van der Waals surface area contributed by atoms with Crippen molar-refractivity contribution < 1.29 is 13.9 Å². The summed E-state index contributed by atoms with van der Waals surface area (Å²) in [5.74, 6) is 0.656. The van der Waals surface area contributed by atoms with E-state index >= 15 is 0 Å². The number of carbonyl (C=O) groups excluding carboxylic acids is 1. The lowest BCUT2D eigenvalue weighted by Crippen LogP contribution is -2.50. The molecule has 1 unspecified atom stereocenters. The van der Waals surface area contributed by atoms with Crippen molar-refractivity contribution in [2.45, 2.75) is 19.4 Å². The van der Waals surface area contributed by atoms with Crippen LogP contribution in [0.25, 0.3) is 0 Å². The Morgan fingerprint density at radius 3 is 3.11 bits per heavy atom. The first-order valence-corrected chi connectivity index (χ1v) is 6.31. The summed E-state index contributed by atoms with van der Waals surface area (Å²) >= 11 is 4.90. The lowest BCUT2D eigenvalue weighted by atomic mass is 10.1. The Morgan fingerprint density at radius 2 is 2.44 bits per heavy atom. The van der Waals surface area contributed by atoms with E-state index in [0.717, 1.165) is 0 Å². The maximum absolute atomic E-state index is 12.3. The molecule has 98 valence electrons. The van der Waals surface area contributed by atoms with E-state index in [4.69, 9.17) is 27.1 Å². The van der Waals surface area contributed by atoms with Gasteiger partial charge in [0.2, 0.25) is 0 Å². The van der Waals surface area contributed by atoms with Gasteiger partial charge >= 0.3 is 0 Å². The van der Waals surface area contributed by atoms with Crippen molar-refractivity contribution in [3.63, 3.8) is 0 Å². The minimum atomic E-state index is -0.352. The Hall–Kier alpha value is -1.40. The van der Waals surface area contributed by atoms with Crippen LogP contribution in [0.1, 0.15) is 23.0 Å². The molecule has 18 heavy (non-hydrogen) atoms. The van der Waals surface area contributed by atoms with E-state index in [1.165, 1.54) is 6.26 Å². The highest BCUT2D eigenvalue weighted by atomic mass is 32.1. The van der Waals surface area contributed by atoms with Crippen LogP contribution in [0, 0.1) is 0 Å². The van der Waals surface area contributed by atoms with Gasteiger partial charge in [-0.2, -0.15) is 0 Å². The van der Waals surface area contributed by atoms with Crippen LogP contribution in [-0.4, -0.2) is 41.6 Å². The van der Waals surface area contributed by atoms with Crippen molar-refractivity contribution in [1.82, 2.24) is 4.90 Å². The number of thiocarbonyl (C=S) groups is 1. The quantitative estimate of drug-likeness (QED) is 0.827. The van der Waals surface area contributed by atoms with Gasteiger partial charge in [-0.1, -0.05) is 19.1 Å². The lowest BCUT2D eigenvalue weighted by molar-refractivity contribution is 0.00868. The Bertz CT molecular complexity index is 458. The SMILES string of the molecule is CCc1occc1C(=O)N1CCOC(C(N)=S)C1. The third-order valence-electron chi connectivity index (χ3n) is 2.97. The Balaban J connectivity index is 2.11. The van der Waals surface area contributed by atoms with Crippen molar-refractivity contribution in [1.29, 1.82) is 0 Å². The minimum absolute atomic E-state index is 0.0508. The van der Waals surface area contributed by atoms with E-state index in [1.807, 2.05) is 6.92 Å². The fourth-order valence-electron chi connectivity index (χ4n) is 1.98. The summed E-state index contributed by atoms with van der Waals surface area (Å²) in [7, 11) is 0. The molecule has 2 rings (SSSR count). The number of hydrogen-bond acceptors (Lipinski definition) is 4. The maximum atomic E-state index is 12.3. The highest BCUT2D eigenvalue weighted by Gasteiger charge is 2.28. The summed E-state index contributed by atoms with van der Waals surface area (Å²) in [6.45, 7) is 3.36. The summed E-state index contributed by atoms with van der Waals surface area (Å²) in [5.41, 5.74) is 6.17. The van der Waals surface area contributed by atoms with Gasteiger partial charge in [-0.3, -0.25) is 4.79 Å². The summed E-state index contributed by atoms with van der Waals surface area (Å²) in [5, 5.41) is 0. The second-order valence-corrected chi connectivity index (χ2v) is 4.60. The summed E-state index contributed by atoms with van der Waals surface area (Å²) in [4.78, 5) is 14.3. The minimum Gasteiger partial charge on any atom is -0.469 e. The number of carbonyl (C=O) groups is 1. The first-order valence-electron chi connectivity index (χ1n) is 5.90. The van der Waals surface area contributed by atoms with E-state index in [2.05, 4.69) is 0 Å². The van der Waals surface area contributed by atoms with E-state index in [9.17, 15) is 4.79 Å². The fourth-order valence-corrected chi connectivity index (χ4v) is 2.12. The molecule has 1 fully saturated rings. The normalized spacial score (nSPS) is 19.8. The van der Waals surface area contributed by atoms with Gasteiger partial charge in [-0.15, -0.1) is 0 Å². The number of amides is 1. The second kappa shape index (κ2) is 5.49. The van der Waals surface area contributed by atoms with Crippen LogP contribution in [0.4, 0.5) is 0 Å². The Kier molecular flexibility index (Phi) is 3.98. The molecular formula is C12H16N2O3S. The van der Waals surface area contributed by atoms with Gasteiger partial charge in [0.15, 0.2) is 0 Å². The molecule has 0 saturated carbocycles. The van der Waals surface area contributed by atoms with Crippen molar-refractivity contribution in [3.05, 3.63) is 23.7 Å². The van der Waals surface area contributed by atoms with Crippen LogP contribution in [0.15, 0.2) is 16.7 Å². The zero-order valence-electron chi connectivity index (χ0n) is 10.2. The molecule has 0 bridgehead atoms. The zero-order valence-corrected chi connectivity index (χ0v) is 11.0. The predicted octanol–water partition coefficient (Wildman–Crippen LogP) is 0.969. The average Bonchev–Trinajstić information content (AvgIpc) is 2.86. The van der Waals surface area contributed by atoms with Crippen molar-refractivity contribution in [2.75, 3.05) is 19.7 Å². The van der Waals surface area contributed by atoms with Gasteiger partial charge in [0.25, 0.3) is 5.91 Å². The number of nitrogens with zero attached hydrogens (tertiary/aromatic N) is 1. The topological polar surface area (TPSA) is 68.7 Å². The predicted molar refractivity (Wildman–Crippen MR) is 70.5 cm³/mol. The standard InChI is InChI=1S/C12H16N2O3S/c1-2-9-8(3-5-16-9)12(15)14-4-6-17-10(7-14)11(13)18/h3,5,10H,2,4,6-7H2,1H3,(H2,13,18). The van der Waals surface area contributed by atoms with Crippen LogP contribution in [0.2, 0.25) is 0 Å². The van der Waals surface area contributed by atoms with Gasteiger partial charge in [-0.05, 0) is 6.07 Å². The molecule has 1 aliphatic heterocycles. The molecule has 0 radical (unpaired) electrons. The molecule has 1 aromatic rings. The first-order chi connectivity index (χ1) is 8.63. The fraction of sp³-hybridized carbons (Fsp3) is 0.500. The van der Waals surface area contributed by atoms with Crippen LogP contribution >= 0.6 is 12.2 Å². The number of ether oxygens (including phenoxy) is 1. The lowest BCUT2D eigenvalue weighted by Gasteiger charge is -2.32. The first kappa shape index (κ1) is 13.0. The van der Waals surface area contributed by atoms with Gasteiger partial charge in [-0.25, -0.2) is 0 Å². The smallest absolute Gasteiger partial charge is 0.257 e. The molecule has 1 aromatic heterocycles. The van der Waals surface area contributed by atoms with Crippen molar-refractivity contribution >= 4 is 23.1 Å². The van der Waals surface area contributed by atoms with E-state index in [1.54, 1.807) is 11.0 Å². The van der Waals surface area contributed by atoms with Crippen LogP contribution in [-0.2, 0) is 11.2 Å². The number of rotatable bonds is 3. The third kappa shape index (κ3) is 2.54. The number of morpholine rings is 1. The molecule has 1 amide bonds. The number of furan rings is 1. The third-order valence-corrected chi connectivity index (χ3v) is 3.23. The average molecular weight is 268 g/mol. The number of aryl methyl sites for hydroxylation is 1. The van der Waals surface area contributed by atoms with E-state index in [0.29, 0.717) is 37.4 Å². The number of hydrogen-bond donors (Lipinski definition) is 1. The van der Waals surface area contributed by atoms with Crippen LogP contribution in [0.5, 0.6) is 0 Å². The van der Waals surface area contributed by atoms with Crippen molar-refractivity contribution in [2.24, 2.45) is 5.73 Å². The highest BCUT2D eigenvalue weighted by molar-refractivity contribution is 7.80. The monoisotopic (exact) mass is 268 g/mol. The summed E-state index contributed by atoms with van der Waals surface area (Å²) in [6.07, 6.45) is 1.88. The molecule has 0 aliphatic carbocycles. The molecule has 6 heteroatoms. The Labute approximate surface area is 111 Å². The molecule has 1 saturated heterocycles. The Morgan fingerprint density at radius 1 is 1.67 bits per heavy atom. The van der Waals surface area contributed by atoms with Gasteiger partial charge in [0, 0.05) is 13.0 Å². The second-order valence-electron chi connectivity index (χ2n) is 4.12. The zero-order chi connectivity index (χ0) is 13.1. The van der Waals surface area contributed by atoms with Crippen LogP contribution < -0.4 is 5.73 Å². The van der Waals surface area contributed by atoms with E-state index < -0.39 is 0 Å². The molecular weight excluding hydrogens is 252 g/mol. The highest BCUT2D eigenvalue weighted by Crippen LogP contribution is 2.16. The summed E-state index contributed by atoms with van der Waals surface area (Å²) < 4.78 is 10.7. The van der Waals surface area contributed by atoms with Crippen molar-refractivity contribution in [3.8, 4) is 0 Å².